The first-order valence-electron chi connectivity index (χ1n) is 10.6. The van der Waals surface area contributed by atoms with Crippen LogP contribution in [0.1, 0.15) is 30.7 Å². The molecular weight excluding hydrogens is 380 g/mol. The van der Waals surface area contributed by atoms with Crippen molar-refractivity contribution in [3.05, 3.63) is 54.1 Å². The highest BCUT2D eigenvalue weighted by molar-refractivity contribution is 5.83. The summed E-state index contributed by atoms with van der Waals surface area (Å²) >= 11 is 0. The number of hydrogen-bond acceptors (Lipinski definition) is 5. The molecule has 2 aliphatic heterocycles. The summed E-state index contributed by atoms with van der Waals surface area (Å²) in [6.07, 6.45) is 5.65. The van der Waals surface area contributed by atoms with Gasteiger partial charge in [0.15, 0.2) is 0 Å². The van der Waals surface area contributed by atoms with Crippen molar-refractivity contribution in [1.29, 1.82) is 0 Å². The first-order valence-corrected chi connectivity index (χ1v) is 10.6. The van der Waals surface area contributed by atoms with Gasteiger partial charge in [-0.1, -0.05) is 30.3 Å². The van der Waals surface area contributed by atoms with E-state index in [0.717, 1.165) is 30.8 Å². The maximum absolute atomic E-state index is 12.8. The number of amides is 2. The number of carbonyl (C=O) groups excluding carboxylic acids is 2. The second-order valence-electron chi connectivity index (χ2n) is 8.17. The summed E-state index contributed by atoms with van der Waals surface area (Å²) in [5, 5.41) is 6.10. The highest BCUT2D eigenvalue weighted by atomic mass is 16.2. The van der Waals surface area contributed by atoms with Gasteiger partial charge < -0.3 is 15.6 Å². The van der Waals surface area contributed by atoms with Crippen LogP contribution in [0.3, 0.4) is 0 Å². The molecule has 2 aromatic rings. The topological polar surface area (TPSA) is 93.4 Å². The van der Waals surface area contributed by atoms with Gasteiger partial charge in [0.05, 0.1) is 6.54 Å². The smallest absolute Gasteiger partial charge is 0.239 e. The molecule has 3 heterocycles. The lowest BCUT2D eigenvalue weighted by Gasteiger charge is -2.33. The Balaban J connectivity index is 1.31. The molecule has 3 atom stereocenters. The molecule has 0 saturated carbocycles. The second kappa shape index (κ2) is 9.40. The zero-order chi connectivity index (χ0) is 20.9. The minimum atomic E-state index is -0.183. The van der Waals surface area contributed by atoms with Crippen molar-refractivity contribution in [3.8, 4) is 0 Å². The molecule has 3 unspecified atom stereocenters. The van der Waals surface area contributed by atoms with Crippen molar-refractivity contribution in [2.75, 3.05) is 20.1 Å². The van der Waals surface area contributed by atoms with Gasteiger partial charge in [0.25, 0.3) is 0 Å². The quantitative estimate of drug-likeness (QED) is 0.630. The summed E-state index contributed by atoms with van der Waals surface area (Å²) in [6.45, 7) is 2.62. The fraction of sp³-hybridized carbons (Fsp3) is 0.500. The molecule has 8 heteroatoms. The fourth-order valence-corrected chi connectivity index (χ4v) is 4.59. The standard InChI is InChI=1S/C22H30N6O2/c1-27-17(7-8-20(29)25-13-16-5-3-2-4-6-16)14-26-22(30)21-18(27)9-12-28(21)15-19-23-10-11-24-19/h2-6,10-11,17-18,21H,7-9,12-15H2,1H3,(H,23,24)(H,25,29)(H,26,30). The molecular formula is C22H30N6O2. The number of aromatic amines is 1. The predicted octanol–water partition coefficient (Wildman–Crippen LogP) is 0.879. The number of H-pyrrole nitrogens is 1. The number of carbonyl (C=O) groups is 2. The SMILES string of the molecule is CN1C(CCC(=O)NCc2ccccc2)CNC(=O)C2C1CCN2Cc1ncc[nH]1. The van der Waals surface area contributed by atoms with Crippen molar-refractivity contribution >= 4 is 11.8 Å². The normalized spacial score (nSPS) is 24.8. The maximum Gasteiger partial charge on any atom is 0.239 e. The van der Waals surface area contributed by atoms with Crippen LogP contribution < -0.4 is 10.6 Å². The Bertz CT molecular complexity index is 841. The fourth-order valence-electron chi connectivity index (χ4n) is 4.59. The van der Waals surface area contributed by atoms with E-state index in [2.05, 4.69) is 37.4 Å². The third kappa shape index (κ3) is 4.71. The number of imidazole rings is 1. The molecule has 30 heavy (non-hydrogen) atoms. The lowest BCUT2D eigenvalue weighted by molar-refractivity contribution is -0.126. The lowest BCUT2D eigenvalue weighted by Crippen LogP contribution is -2.49. The van der Waals surface area contributed by atoms with E-state index >= 15 is 0 Å². The molecule has 2 fully saturated rings. The van der Waals surface area contributed by atoms with Gasteiger partial charge in [-0.15, -0.1) is 0 Å². The van der Waals surface area contributed by atoms with Gasteiger partial charge >= 0.3 is 0 Å². The Morgan fingerprint density at radius 1 is 1.30 bits per heavy atom. The number of fused-ring (bicyclic) bond motifs is 1. The van der Waals surface area contributed by atoms with Gasteiger partial charge in [0.1, 0.15) is 11.9 Å². The van der Waals surface area contributed by atoms with Gasteiger partial charge in [-0.3, -0.25) is 19.4 Å². The Kier molecular flexibility index (Phi) is 6.44. The summed E-state index contributed by atoms with van der Waals surface area (Å²) in [5.41, 5.74) is 1.09. The Hall–Kier alpha value is -2.71. The van der Waals surface area contributed by atoms with Crippen molar-refractivity contribution in [1.82, 2.24) is 30.4 Å². The van der Waals surface area contributed by atoms with Crippen LogP contribution in [0.4, 0.5) is 0 Å². The van der Waals surface area contributed by atoms with Crippen molar-refractivity contribution in [2.24, 2.45) is 0 Å². The van der Waals surface area contributed by atoms with Crippen LogP contribution in [-0.4, -0.2) is 69.8 Å². The molecule has 3 N–H and O–H groups in total. The zero-order valence-corrected chi connectivity index (χ0v) is 17.4. The van der Waals surface area contributed by atoms with Crippen LogP contribution in [0.2, 0.25) is 0 Å². The highest BCUT2D eigenvalue weighted by Gasteiger charge is 2.45. The van der Waals surface area contributed by atoms with Crippen LogP contribution in [0.25, 0.3) is 0 Å². The largest absolute Gasteiger partial charge is 0.353 e. The summed E-state index contributed by atoms with van der Waals surface area (Å²) in [7, 11) is 2.08. The molecule has 1 aromatic heterocycles. The molecule has 0 spiro atoms. The van der Waals surface area contributed by atoms with Crippen molar-refractivity contribution in [3.63, 3.8) is 0 Å². The monoisotopic (exact) mass is 410 g/mol. The minimum Gasteiger partial charge on any atom is -0.353 e. The van der Waals surface area contributed by atoms with E-state index in [4.69, 9.17) is 0 Å². The first-order chi connectivity index (χ1) is 14.6. The van der Waals surface area contributed by atoms with E-state index in [1.165, 1.54) is 0 Å². The number of aromatic nitrogens is 2. The first kappa shape index (κ1) is 20.6. The highest BCUT2D eigenvalue weighted by Crippen LogP contribution is 2.28. The van der Waals surface area contributed by atoms with Crippen LogP contribution in [0.15, 0.2) is 42.7 Å². The molecule has 0 bridgehead atoms. The van der Waals surface area contributed by atoms with E-state index in [1.54, 1.807) is 12.4 Å². The molecule has 0 aliphatic carbocycles. The van der Waals surface area contributed by atoms with Crippen LogP contribution in [-0.2, 0) is 22.7 Å². The number of nitrogens with zero attached hydrogens (tertiary/aromatic N) is 3. The Labute approximate surface area is 177 Å². The molecule has 2 saturated heterocycles. The Morgan fingerprint density at radius 2 is 2.13 bits per heavy atom. The average Bonchev–Trinajstić information content (AvgIpc) is 3.40. The molecule has 4 rings (SSSR count). The van der Waals surface area contributed by atoms with E-state index in [-0.39, 0.29) is 29.9 Å². The van der Waals surface area contributed by atoms with E-state index < -0.39 is 0 Å². The molecule has 1 aromatic carbocycles. The van der Waals surface area contributed by atoms with Gasteiger partial charge in [0, 0.05) is 50.5 Å². The molecule has 8 nitrogen and oxygen atoms in total. The summed E-state index contributed by atoms with van der Waals surface area (Å²) in [6, 6.07) is 10.0. The predicted molar refractivity (Wildman–Crippen MR) is 113 cm³/mol. The van der Waals surface area contributed by atoms with Gasteiger partial charge in [-0.25, -0.2) is 4.98 Å². The number of nitrogens with one attached hydrogen (secondary N) is 3. The van der Waals surface area contributed by atoms with Crippen molar-refractivity contribution < 1.29 is 9.59 Å². The number of hydrogen-bond donors (Lipinski definition) is 3. The summed E-state index contributed by atoms with van der Waals surface area (Å²) in [4.78, 5) is 37.1. The molecule has 160 valence electrons. The van der Waals surface area contributed by atoms with Crippen LogP contribution in [0, 0.1) is 0 Å². The zero-order valence-electron chi connectivity index (χ0n) is 17.4. The number of rotatable bonds is 7. The van der Waals surface area contributed by atoms with Crippen LogP contribution >= 0.6 is 0 Å². The van der Waals surface area contributed by atoms with Gasteiger partial charge in [0.2, 0.25) is 11.8 Å². The summed E-state index contributed by atoms with van der Waals surface area (Å²) in [5.74, 6) is 0.999. The third-order valence-corrected chi connectivity index (χ3v) is 6.29. The number of likely N-dealkylation sites (N-methyl/N-ethyl adjacent to an activating group) is 1. The molecule has 2 amide bonds. The van der Waals surface area contributed by atoms with E-state index in [1.807, 2.05) is 30.3 Å². The van der Waals surface area contributed by atoms with Crippen molar-refractivity contribution in [2.45, 2.75) is 50.5 Å². The maximum atomic E-state index is 12.8. The third-order valence-electron chi connectivity index (χ3n) is 6.29. The van der Waals surface area contributed by atoms with Gasteiger partial charge in [-0.05, 0) is 25.5 Å². The number of benzene rings is 1. The van der Waals surface area contributed by atoms with Gasteiger partial charge in [-0.2, -0.15) is 0 Å². The lowest BCUT2D eigenvalue weighted by atomic mass is 10.0. The van der Waals surface area contributed by atoms with E-state index in [0.29, 0.717) is 26.1 Å². The Morgan fingerprint density at radius 3 is 2.90 bits per heavy atom. The molecule has 2 aliphatic rings. The molecule has 0 radical (unpaired) electrons. The van der Waals surface area contributed by atoms with Crippen LogP contribution in [0.5, 0.6) is 0 Å². The second-order valence-corrected chi connectivity index (χ2v) is 8.17. The number of likely N-dealkylation sites (tertiary alicyclic amines) is 1. The summed E-state index contributed by atoms with van der Waals surface area (Å²) < 4.78 is 0. The minimum absolute atomic E-state index is 0.0465. The average molecular weight is 411 g/mol. The van der Waals surface area contributed by atoms with E-state index in [9.17, 15) is 9.59 Å².